The second kappa shape index (κ2) is 7.09. The molecule has 0 amide bonds. The highest BCUT2D eigenvalue weighted by Crippen LogP contribution is 2.30. The summed E-state index contributed by atoms with van der Waals surface area (Å²) in [4.78, 5) is 0. The predicted molar refractivity (Wildman–Crippen MR) is 81.9 cm³/mol. The van der Waals surface area contributed by atoms with Gasteiger partial charge in [0, 0.05) is 6.54 Å². The van der Waals surface area contributed by atoms with E-state index in [-0.39, 0.29) is 0 Å². The molecule has 3 heteroatoms. The normalized spacial score (nSPS) is 17.6. The van der Waals surface area contributed by atoms with Crippen molar-refractivity contribution in [3.63, 3.8) is 0 Å². The monoisotopic (exact) mass is 277 g/mol. The van der Waals surface area contributed by atoms with Crippen LogP contribution >= 0.6 is 0 Å². The van der Waals surface area contributed by atoms with Crippen LogP contribution in [0.15, 0.2) is 24.3 Å². The number of rotatable bonds is 7. The van der Waals surface area contributed by atoms with Gasteiger partial charge < -0.3 is 15.2 Å². The minimum Gasteiger partial charge on any atom is -0.491 e. The Bertz CT molecular complexity index is 411. The maximum absolute atomic E-state index is 10.3. The molecule has 2 rings (SSSR count). The van der Waals surface area contributed by atoms with Crippen LogP contribution < -0.4 is 10.1 Å². The third-order valence-corrected chi connectivity index (χ3v) is 3.82. The second-order valence-electron chi connectivity index (χ2n) is 6.39. The van der Waals surface area contributed by atoms with Crippen LogP contribution in [0.25, 0.3) is 0 Å². The summed E-state index contributed by atoms with van der Waals surface area (Å²) in [6, 6.07) is 8.14. The third-order valence-electron chi connectivity index (χ3n) is 3.82. The van der Waals surface area contributed by atoms with E-state index in [1.54, 1.807) is 0 Å². The summed E-state index contributed by atoms with van der Waals surface area (Å²) in [5, 5.41) is 13.7. The van der Waals surface area contributed by atoms with Gasteiger partial charge in [-0.25, -0.2) is 0 Å². The van der Waals surface area contributed by atoms with Gasteiger partial charge in [-0.3, -0.25) is 0 Å². The van der Waals surface area contributed by atoms with Crippen molar-refractivity contribution >= 4 is 0 Å². The van der Waals surface area contributed by atoms with Crippen LogP contribution in [-0.4, -0.2) is 23.9 Å². The van der Waals surface area contributed by atoms with Crippen molar-refractivity contribution in [3.8, 4) is 5.75 Å². The van der Waals surface area contributed by atoms with Gasteiger partial charge in [-0.1, -0.05) is 38.8 Å². The lowest BCUT2D eigenvalue weighted by Gasteiger charge is -2.22. The van der Waals surface area contributed by atoms with Crippen LogP contribution in [0.5, 0.6) is 5.75 Å². The van der Waals surface area contributed by atoms with Crippen molar-refractivity contribution in [1.29, 1.82) is 0 Å². The molecule has 3 nitrogen and oxygen atoms in total. The van der Waals surface area contributed by atoms with Crippen LogP contribution in [-0.2, 0) is 6.54 Å². The van der Waals surface area contributed by atoms with Crippen LogP contribution in [0.3, 0.4) is 0 Å². The molecular formula is C17H27NO2. The standard InChI is InChI=1S/C17H27NO2/c1-14(2)11-18-12-15-6-5-7-16(10-15)20-13-17(19)8-3-4-9-17/h5-7,10,14,18-19H,3-4,8-9,11-13H2,1-2H3. The Kier molecular flexibility index (Phi) is 5.44. The van der Waals surface area contributed by atoms with Crippen molar-refractivity contribution < 1.29 is 9.84 Å². The number of ether oxygens (including phenoxy) is 1. The Morgan fingerprint density at radius 1 is 1.30 bits per heavy atom. The van der Waals surface area contributed by atoms with Crippen LogP contribution in [0.4, 0.5) is 0 Å². The van der Waals surface area contributed by atoms with Crippen LogP contribution in [0.2, 0.25) is 0 Å². The van der Waals surface area contributed by atoms with E-state index in [0.717, 1.165) is 44.5 Å². The molecule has 1 aromatic carbocycles. The van der Waals surface area contributed by atoms with Crippen molar-refractivity contribution in [1.82, 2.24) is 5.32 Å². The summed E-state index contributed by atoms with van der Waals surface area (Å²) in [5.74, 6) is 1.51. The number of hydrogen-bond donors (Lipinski definition) is 2. The number of benzene rings is 1. The molecule has 0 unspecified atom stereocenters. The zero-order valence-corrected chi connectivity index (χ0v) is 12.7. The topological polar surface area (TPSA) is 41.5 Å². The van der Waals surface area contributed by atoms with Crippen LogP contribution in [0, 0.1) is 5.92 Å². The highest BCUT2D eigenvalue weighted by molar-refractivity contribution is 5.28. The molecule has 1 aliphatic carbocycles. The summed E-state index contributed by atoms with van der Waals surface area (Å²) in [5.41, 5.74) is 0.618. The number of nitrogens with one attached hydrogen (secondary N) is 1. The van der Waals surface area contributed by atoms with E-state index in [1.165, 1.54) is 5.56 Å². The van der Waals surface area contributed by atoms with Crippen molar-refractivity contribution in [2.75, 3.05) is 13.2 Å². The lowest BCUT2D eigenvalue weighted by Crippen LogP contribution is -2.32. The molecule has 20 heavy (non-hydrogen) atoms. The van der Waals surface area contributed by atoms with Gasteiger partial charge in [0.05, 0.1) is 5.60 Å². The first-order valence-corrected chi connectivity index (χ1v) is 7.72. The molecule has 1 aliphatic rings. The largest absolute Gasteiger partial charge is 0.491 e. The molecule has 0 saturated heterocycles. The fourth-order valence-corrected chi connectivity index (χ4v) is 2.65. The van der Waals surface area contributed by atoms with Gasteiger partial charge in [0.2, 0.25) is 0 Å². The summed E-state index contributed by atoms with van der Waals surface area (Å²) in [6.45, 7) is 6.70. The molecule has 0 aliphatic heterocycles. The molecule has 0 atom stereocenters. The summed E-state index contributed by atoms with van der Waals surface area (Å²) in [6.07, 6.45) is 3.95. The van der Waals surface area contributed by atoms with Gasteiger partial charge >= 0.3 is 0 Å². The summed E-state index contributed by atoms with van der Waals surface area (Å²) in [7, 11) is 0. The summed E-state index contributed by atoms with van der Waals surface area (Å²) < 4.78 is 5.78. The Labute approximate surface area is 122 Å². The molecular weight excluding hydrogens is 250 g/mol. The van der Waals surface area contributed by atoms with E-state index >= 15 is 0 Å². The predicted octanol–water partition coefficient (Wildman–Crippen LogP) is 3.12. The van der Waals surface area contributed by atoms with E-state index in [9.17, 15) is 5.11 Å². The van der Waals surface area contributed by atoms with Gasteiger partial charge in [0.1, 0.15) is 12.4 Å². The molecule has 1 fully saturated rings. The average molecular weight is 277 g/mol. The smallest absolute Gasteiger partial charge is 0.119 e. The highest BCUT2D eigenvalue weighted by Gasteiger charge is 2.31. The van der Waals surface area contributed by atoms with Gasteiger partial charge in [0.15, 0.2) is 0 Å². The minimum absolute atomic E-state index is 0.413. The lowest BCUT2D eigenvalue weighted by molar-refractivity contribution is 0.00138. The van der Waals surface area contributed by atoms with E-state index < -0.39 is 5.60 Å². The fraction of sp³-hybridized carbons (Fsp3) is 0.647. The van der Waals surface area contributed by atoms with Gasteiger partial charge in [-0.2, -0.15) is 0 Å². The van der Waals surface area contributed by atoms with Crippen molar-refractivity contribution in [2.45, 2.75) is 51.7 Å². The van der Waals surface area contributed by atoms with Crippen molar-refractivity contribution in [3.05, 3.63) is 29.8 Å². The van der Waals surface area contributed by atoms with E-state index in [0.29, 0.717) is 12.5 Å². The number of hydrogen-bond acceptors (Lipinski definition) is 3. The Balaban J connectivity index is 1.82. The first-order valence-electron chi connectivity index (χ1n) is 7.72. The highest BCUT2D eigenvalue weighted by atomic mass is 16.5. The van der Waals surface area contributed by atoms with Gasteiger partial charge in [0.25, 0.3) is 0 Å². The quantitative estimate of drug-likeness (QED) is 0.804. The lowest BCUT2D eigenvalue weighted by atomic mass is 10.0. The van der Waals surface area contributed by atoms with E-state index in [2.05, 4.69) is 31.3 Å². The maximum atomic E-state index is 10.3. The average Bonchev–Trinajstić information content (AvgIpc) is 2.84. The molecule has 112 valence electrons. The Morgan fingerprint density at radius 3 is 2.75 bits per heavy atom. The van der Waals surface area contributed by atoms with Gasteiger partial charge in [-0.15, -0.1) is 0 Å². The zero-order chi connectivity index (χ0) is 14.4. The van der Waals surface area contributed by atoms with Gasteiger partial charge in [-0.05, 0) is 43.0 Å². The van der Waals surface area contributed by atoms with Crippen LogP contribution in [0.1, 0.15) is 45.1 Å². The molecule has 0 aromatic heterocycles. The van der Waals surface area contributed by atoms with E-state index in [4.69, 9.17) is 4.74 Å². The minimum atomic E-state index is -0.605. The first-order chi connectivity index (χ1) is 9.57. The SMILES string of the molecule is CC(C)CNCc1cccc(OCC2(O)CCCC2)c1. The molecule has 1 aromatic rings. The van der Waals surface area contributed by atoms with E-state index in [1.807, 2.05) is 12.1 Å². The molecule has 0 heterocycles. The molecule has 0 radical (unpaired) electrons. The molecule has 1 saturated carbocycles. The van der Waals surface area contributed by atoms with Crippen molar-refractivity contribution in [2.24, 2.45) is 5.92 Å². The number of aliphatic hydroxyl groups is 1. The Morgan fingerprint density at radius 2 is 2.05 bits per heavy atom. The fourth-order valence-electron chi connectivity index (χ4n) is 2.65. The second-order valence-corrected chi connectivity index (χ2v) is 6.39. The summed E-state index contributed by atoms with van der Waals surface area (Å²) >= 11 is 0. The third kappa shape index (κ3) is 4.80. The molecule has 0 spiro atoms. The first kappa shape index (κ1) is 15.3. The molecule has 0 bridgehead atoms. The zero-order valence-electron chi connectivity index (χ0n) is 12.7. The molecule has 2 N–H and O–H groups in total. The Hall–Kier alpha value is -1.06. The maximum Gasteiger partial charge on any atom is 0.119 e.